The predicted molar refractivity (Wildman–Crippen MR) is 85.6 cm³/mol. The van der Waals surface area contributed by atoms with Crippen molar-refractivity contribution in [2.24, 2.45) is 0 Å². The highest BCUT2D eigenvalue weighted by Crippen LogP contribution is 2.23. The van der Waals surface area contributed by atoms with Crippen LogP contribution in [0.15, 0.2) is 41.5 Å². The Morgan fingerprint density at radius 2 is 2.00 bits per heavy atom. The van der Waals surface area contributed by atoms with E-state index in [-0.39, 0.29) is 18.6 Å². The third-order valence-corrected chi connectivity index (χ3v) is 5.86. The lowest BCUT2D eigenvalue weighted by atomic mass is 10.2. The maximum absolute atomic E-state index is 12.9. The van der Waals surface area contributed by atoms with Crippen molar-refractivity contribution >= 4 is 10.2 Å². The van der Waals surface area contributed by atoms with Crippen LogP contribution in [-0.4, -0.2) is 33.5 Å². The molecule has 0 unspecified atom stereocenters. The van der Waals surface area contributed by atoms with Gasteiger partial charge in [-0.05, 0) is 5.56 Å². The Morgan fingerprint density at radius 1 is 1.26 bits per heavy atom. The highest BCUT2D eigenvalue weighted by atomic mass is 32.2. The van der Waals surface area contributed by atoms with Gasteiger partial charge < -0.3 is 4.98 Å². The van der Waals surface area contributed by atoms with Gasteiger partial charge in [-0.15, -0.1) is 0 Å². The molecule has 122 valence electrons. The quantitative estimate of drug-likeness (QED) is 0.878. The van der Waals surface area contributed by atoms with Crippen LogP contribution in [0.1, 0.15) is 23.7 Å². The van der Waals surface area contributed by atoms with Crippen LogP contribution >= 0.6 is 0 Å². The predicted octanol–water partition coefficient (Wildman–Crippen LogP) is 0.852. The lowest BCUT2D eigenvalue weighted by Crippen LogP contribution is -2.41. The van der Waals surface area contributed by atoms with E-state index in [9.17, 15) is 13.2 Å². The van der Waals surface area contributed by atoms with Gasteiger partial charge in [0.25, 0.3) is 15.8 Å². The molecular formula is C15H18N4O3S. The van der Waals surface area contributed by atoms with E-state index in [1.807, 2.05) is 30.3 Å². The normalized spacial score (nSPS) is 15.0. The Balaban J connectivity index is 1.84. The zero-order chi connectivity index (χ0) is 16.4. The number of nitrogens with one attached hydrogen (secondary N) is 1. The van der Waals surface area contributed by atoms with Crippen LogP contribution in [0.25, 0.3) is 0 Å². The lowest BCUT2D eigenvalue weighted by Gasteiger charge is -2.26. The molecule has 0 saturated heterocycles. The third-order valence-electron chi connectivity index (χ3n) is 3.91. The molecule has 1 aromatic carbocycles. The minimum atomic E-state index is -3.66. The summed E-state index contributed by atoms with van der Waals surface area (Å²) < 4.78 is 28.4. The van der Waals surface area contributed by atoms with Crippen LogP contribution in [0.4, 0.5) is 0 Å². The van der Waals surface area contributed by atoms with Gasteiger partial charge in [-0.25, -0.2) is 4.98 Å². The van der Waals surface area contributed by atoms with E-state index in [0.29, 0.717) is 24.3 Å². The molecule has 1 N–H and O–H groups in total. The SMILES string of the molecule is CCN(Cc1ccccc1)S(=O)(=O)N1Cc2nc[nH]c(=O)c2C1. The molecule has 1 aliphatic heterocycles. The number of hydrogen-bond donors (Lipinski definition) is 1. The Bertz CT molecular complexity index is 849. The first kappa shape index (κ1) is 15.9. The molecule has 8 heteroatoms. The van der Waals surface area contributed by atoms with Gasteiger partial charge in [-0.2, -0.15) is 17.0 Å². The number of H-pyrrole nitrogens is 1. The van der Waals surface area contributed by atoms with E-state index in [1.54, 1.807) is 6.92 Å². The van der Waals surface area contributed by atoms with Crippen molar-refractivity contribution in [2.75, 3.05) is 6.54 Å². The maximum atomic E-state index is 12.9. The molecule has 0 amide bonds. The first-order chi connectivity index (χ1) is 11.0. The van der Waals surface area contributed by atoms with Crippen LogP contribution in [-0.2, 0) is 29.8 Å². The minimum absolute atomic E-state index is 0.0616. The molecule has 0 spiro atoms. The van der Waals surface area contributed by atoms with Crippen molar-refractivity contribution in [3.63, 3.8) is 0 Å². The summed E-state index contributed by atoms with van der Waals surface area (Å²) in [6.45, 7) is 2.65. The van der Waals surface area contributed by atoms with Crippen LogP contribution < -0.4 is 5.56 Å². The zero-order valence-corrected chi connectivity index (χ0v) is 13.6. The van der Waals surface area contributed by atoms with E-state index >= 15 is 0 Å². The summed E-state index contributed by atoms with van der Waals surface area (Å²) in [5, 5.41) is 0. The first-order valence-corrected chi connectivity index (χ1v) is 8.76. The summed E-state index contributed by atoms with van der Waals surface area (Å²) in [6, 6.07) is 9.44. The molecule has 0 aliphatic carbocycles. The highest BCUT2D eigenvalue weighted by Gasteiger charge is 2.35. The molecule has 3 rings (SSSR count). The molecule has 0 atom stereocenters. The van der Waals surface area contributed by atoms with Gasteiger partial charge in [-0.1, -0.05) is 37.3 Å². The maximum Gasteiger partial charge on any atom is 0.282 e. The van der Waals surface area contributed by atoms with Crippen molar-refractivity contribution < 1.29 is 8.42 Å². The van der Waals surface area contributed by atoms with Crippen molar-refractivity contribution in [1.82, 2.24) is 18.6 Å². The van der Waals surface area contributed by atoms with Crippen molar-refractivity contribution in [3.8, 4) is 0 Å². The third kappa shape index (κ3) is 3.05. The van der Waals surface area contributed by atoms with E-state index < -0.39 is 10.2 Å². The summed E-state index contributed by atoms with van der Waals surface area (Å²) in [4.78, 5) is 18.3. The monoisotopic (exact) mass is 334 g/mol. The van der Waals surface area contributed by atoms with Gasteiger partial charge in [0.2, 0.25) is 0 Å². The Morgan fingerprint density at radius 3 is 2.65 bits per heavy atom. The Labute approximate surface area is 134 Å². The van der Waals surface area contributed by atoms with Crippen LogP contribution in [0.3, 0.4) is 0 Å². The van der Waals surface area contributed by atoms with Gasteiger partial charge in [0.15, 0.2) is 0 Å². The molecule has 0 fully saturated rings. The summed E-state index contributed by atoms with van der Waals surface area (Å²) in [6.07, 6.45) is 1.30. The topological polar surface area (TPSA) is 86.4 Å². The largest absolute Gasteiger partial charge is 0.313 e. The van der Waals surface area contributed by atoms with Crippen LogP contribution in [0, 0.1) is 0 Å². The van der Waals surface area contributed by atoms with Crippen molar-refractivity contribution in [1.29, 1.82) is 0 Å². The number of aromatic nitrogens is 2. The minimum Gasteiger partial charge on any atom is -0.313 e. The average molecular weight is 334 g/mol. The summed E-state index contributed by atoms with van der Waals surface area (Å²) in [5.74, 6) is 0. The molecule has 0 saturated carbocycles. The van der Waals surface area contributed by atoms with Gasteiger partial charge >= 0.3 is 0 Å². The number of nitrogens with zero attached hydrogens (tertiary/aromatic N) is 3. The van der Waals surface area contributed by atoms with Crippen LogP contribution in [0.2, 0.25) is 0 Å². The molecule has 1 aromatic heterocycles. The summed E-state index contributed by atoms with van der Waals surface area (Å²) in [7, 11) is -3.66. The second-order valence-corrected chi connectivity index (χ2v) is 7.27. The first-order valence-electron chi connectivity index (χ1n) is 7.37. The number of hydrogen-bond acceptors (Lipinski definition) is 4. The van der Waals surface area contributed by atoms with Gasteiger partial charge in [0.1, 0.15) is 0 Å². The fraction of sp³-hybridized carbons (Fsp3) is 0.333. The number of benzene rings is 1. The molecule has 0 radical (unpaired) electrons. The highest BCUT2D eigenvalue weighted by molar-refractivity contribution is 7.86. The molecule has 0 bridgehead atoms. The Hall–Kier alpha value is -2.03. The average Bonchev–Trinajstić information content (AvgIpc) is 3.00. The summed E-state index contributed by atoms with van der Waals surface area (Å²) in [5.41, 5.74) is 1.59. The van der Waals surface area contributed by atoms with Gasteiger partial charge in [-0.3, -0.25) is 4.79 Å². The molecule has 23 heavy (non-hydrogen) atoms. The smallest absolute Gasteiger partial charge is 0.282 e. The second kappa shape index (κ2) is 6.23. The van der Waals surface area contributed by atoms with Gasteiger partial charge in [0.05, 0.1) is 24.1 Å². The molecule has 2 aromatic rings. The fourth-order valence-corrected chi connectivity index (χ4v) is 4.18. The molecule has 1 aliphatic rings. The van der Waals surface area contributed by atoms with Crippen molar-refractivity contribution in [2.45, 2.75) is 26.6 Å². The zero-order valence-electron chi connectivity index (χ0n) is 12.8. The number of rotatable bonds is 5. The second-order valence-electron chi connectivity index (χ2n) is 5.34. The molecule has 7 nitrogen and oxygen atoms in total. The van der Waals surface area contributed by atoms with E-state index in [0.717, 1.165) is 5.56 Å². The fourth-order valence-electron chi connectivity index (χ4n) is 2.63. The Kier molecular flexibility index (Phi) is 4.29. The molecular weight excluding hydrogens is 316 g/mol. The summed E-state index contributed by atoms with van der Waals surface area (Å²) >= 11 is 0. The van der Waals surface area contributed by atoms with E-state index in [2.05, 4.69) is 9.97 Å². The number of aromatic amines is 1. The van der Waals surface area contributed by atoms with E-state index in [4.69, 9.17) is 0 Å². The lowest BCUT2D eigenvalue weighted by molar-refractivity contribution is 0.344. The van der Waals surface area contributed by atoms with Crippen molar-refractivity contribution in [3.05, 3.63) is 63.8 Å². The molecule has 2 heterocycles. The van der Waals surface area contributed by atoms with E-state index in [1.165, 1.54) is 14.9 Å². The number of fused-ring (bicyclic) bond motifs is 1. The van der Waals surface area contributed by atoms with Gasteiger partial charge in [0, 0.05) is 19.6 Å². The standard InChI is InChI=1S/C15H18N4O3S/c1-2-18(8-12-6-4-3-5-7-12)23(21,22)19-9-13-14(10-19)16-11-17-15(13)20/h3-7,11H,2,8-10H2,1H3,(H,16,17,20). The van der Waals surface area contributed by atoms with Crippen LogP contribution in [0.5, 0.6) is 0 Å².